The average Bonchev–Trinajstić information content (AvgIpc) is 2.31. The molecule has 0 N–H and O–H groups in total. The molecule has 0 fully saturated rings. The van der Waals surface area contributed by atoms with E-state index in [9.17, 15) is 13.2 Å². The molecule has 11 heavy (non-hydrogen) atoms. The second-order valence-corrected chi connectivity index (χ2v) is 4.08. The van der Waals surface area contributed by atoms with E-state index in [1.54, 1.807) is 0 Å². The van der Waals surface area contributed by atoms with Crippen molar-refractivity contribution in [3.8, 4) is 0 Å². The fourth-order valence-electron chi connectivity index (χ4n) is 0.715. The Labute approximate surface area is 69.6 Å². The Hall–Kier alpha value is -0.220. The first-order chi connectivity index (χ1) is 5.05. The van der Waals surface area contributed by atoms with E-state index in [0.29, 0.717) is 0 Å². The summed E-state index contributed by atoms with van der Waals surface area (Å²) in [6, 6.07) is 2.82. The van der Waals surface area contributed by atoms with Gasteiger partial charge in [0.25, 0.3) is 0 Å². The summed E-state index contributed by atoms with van der Waals surface area (Å²) < 4.78 is 36.2. The molecule has 0 aliphatic carbocycles. The SMILES string of the molecule is FC(F)(F)[s+]1cccc1CCl. The summed E-state index contributed by atoms with van der Waals surface area (Å²) in [6.45, 7) is 0. The fourth-order valence-corrected chi connectivity index (χ4v) is 2.36. The topological polar surface area (TPSA) is 0 Å². The standard InChI is InChI=1S/C6H5ClF3S/c7-4-5-2-1-3-11(5)6(8,9)10/h1-3H,4H2/q+1. The smallest absolute Gasteiger partial charge is 0.118 e. The molecule has 1 unspecified atom stereocenters. The highest BCUT2D eigenvalue weighted by atomic mass is 35.5. The lowest BCUT2D eigenvalue weighted by Gasteiger charge is -1.94. The van der Waals surface area contributed by atoms with Gasteiger partial charge in [-0.25, -0.2) is 0 Å². The maximum atomic E-state index is 12.1. The third-order valence-electron chi connectivity index (χ3n) is 1.16. The van der Waals surface area contributed by atoms with Gasteiger partial charge in [0.2, 0.25) is 0 Å². The third kappa shape index (κ3) is 1.87. The van der Waals surface area contributed by atoms with Crippen LogP contribution < -0.4 is 0 Å². The van der Waals surface area contributed by atoms with Gasteiger partial charge >= 0.3 is 5.51 Å². The van der Waals surface area contributed by atoms with Crippen LogP contribution in [0.25, 0.3) is 0 Å². The molecule has 1 aromatic heterocycles. The van der Waals surface area contributed by atoms with Crippen LogP contribution in [0.3, 0.4) is 0 Å². The first-order valence-corrected chi connectivity index (χ1v) is 4.61. The molecule has 0 amide bonds. The van der Waals surface area contributed by atoms with Crippen LogP contribution in [-0.2, 0) is 11.4 Å². The van der Waals surface area contributed by atoms with Gasteiger partial charge in [-0.15, -0.1) is 24.8 Å². The average molecular weight is 202 g/mol. The third-order valence-corrected chi connectivity index (χ3v) is 3.38. The first-order valence-electron chi connectivity index (χ1n) is 2.79. The van der Waals surface area contributed by atoms with Crippen molar-refractivity contribution in [1.29, 1.82) is 0 Å². The van der Waals surface area contributed by atoms with Gasteiger partial charge in [0.1, 0.15) is 5.38 Å². The predicted molar refractivity (Wildman–Crippen MR) is 39.8 cm³/mol. The Morgan fingerprint density at radius 2 is 2.09 bits per heavy atom. The Balaban J connectivity index is 3.02. The Morgan fingerprint density at radius 3 is 2.45 bits per heavy atom. The lowest BCUT2D eigenvalue weighted by Crippen LogP contribution is -1.96. The summed E-state index contributed by atoms with van der Waals surface area (Å²) >= 11 is 5.31. The molecular formula is C6H5ClF3S+. The molecular weight excluding hydrogens is 197 g/mol. The van der Waals surface area contributed by atoms with E-state index in [-0.39, 0.29) is 10.8 Å². The van der Waals surface area contributed by atoms with E-state index >= 15 is 0 Å². The maximum absolute atomic E-state index is 12.1. The van der Waals surface area contributed by atoms with Gasteiger partial charge in [-0.1, -0.05) is 0 Å². The summed E-state index contributed by atoms with van der Waals surface area (Å²) in [6.07, 6.45) is 0. The maximum Gasteiger partial charge on any atom is 0.600 e. The molecule has 1 atom stereocenters. The number of hydrogen-bond donors (Lipinski definition) is 0. The zero-order valence-electron chi connectivity index (χ0n) is 5.36. The van der Waals surface area contributed by atoms with Crippen molar-refractivity contribution in [2.75, 3.05) is 0 Å². The highest BCUT2D eigenvalue weighted by Crippen LogP contribution is 2.45. The molecule has 0 aliphatic heterocycles. The summed E-state index contributed by atoms with van der Waals surface area (Å²) in [5, 5.41) is 1.14. The lowest BCUT2D eigenvalue weighted by atomic mass is 10.5. The van der Waals surface area contributed by atoms with Crippen LogP contribution in [0.1, 0.15) is 4.88 Å². The van der Waals surface area contributed by atoms with Crippen molar-refractivity contribution in [2.45, 2.75) is 11.4 Å². The minimum atomic E-state index is -4.16. The van der Waals surface area contributed by atoms with Crippen LogP contribution in [0.2, 0.25) is 0 Å². The molecule has 1 heterocycles. The Morgan fingerprint density at radius 1 is 1.45 bits per heavy atom. The second kappa shape index (κ2) is 3.03. The summed E-state index contributed by atoms with van der Waals surface area (Å²) in [4.78, 5) is 0.249. The quantitative estimate of drug-likeness (QED) is 0.481. The van der Waals surface area contributed by atoms with Crippen LogP contribution in [-0.4, -0.2) is 0 Å². The van der Waals surface area contributed by atoms with Crippen LogP contribution in [0, 0.1) is 0 Å². The van der Waals surface area contributed by atoms with Gasteiger partial charge in [0.15, 0.2) is 4.88 Å². The van der Waals surface area contributed by atoms with E-state index in [1.165, 1.54) is 12.1 Å². The molecule has 1 rings (SSSR count). The largest absolute Gasteiger partial charge is 0.600 e. The van der Waals surface area contributed by atoms with Gasteiger partial charge in [0, 0.05) is 0 Å². The molecule has 0 saturated heterocycles. The Kier molecular flexibility index (Phi) is 2.44. The van der Waals surface area contributed by atoms with Crippen molar-refractivity contribution in [3.05, 3.63) is 22.4 Å². The van der Waals surface area contributed by atoms with Crippen LogP contribution >= 0.6 is 22.1 Å². The van der Waals surface area contributed by atoms with Crippen molar-refractivity contribution in [1.82, 2.24) is 0 Å². The molecule has 0 bridgehead atoms. The van der Waals surface area contributed by atoms with Gasteiger partial charge in [0.05, 0.1) is 16.3 Å². The highest BCUT2D eigenvalue weighted by Gasteiger charge is 2.44. The van der Waals surface area contributed by atoms with Crippen molar-refractivity contribution >= 4 is 22.1 Å². The molecule has 1 aromatic rings. The molecule has 0 aliphatic rings. The van der Waals surface area contributed by atoms with Gasteiger partial charge in [-0.2, -0.15) is 0 Å². The zero-order chi connectivity index (χ0) is 8.48. The summed E-state index contributed by atoms with van der Waals surface area (Å²) in [7, 11) is -1.73. The van der Waals surface area contributed by atoms with Gasteiger partial charge in [-0.05, 0) is 12.1 Å². The van der Waals surface area contributed by atoms with Crippen molar-refractivity contribution in [2.24, 2.45) is 0 Å². The molecule has 0 nitrogen and oxygen atoms in total. The summed E-state index contributed by atoms with van der Waals surface area (Å²) in [5.74, 6) is -0.0460. The molecule has 0 aromatic carbocycles. The van der Waals surface area contributed by atoms with E-state index in [0.717, 1.165) is 5.38 Å². The van der Waals surface area contributed by atoms with E-state index in [4.69, 9.17) is 11.6 Å². The van der Waals surface area contributed by atoms with E-state index < -0.39 is 16.0 Å². The van der Waals surface area contributed by atoms with E-state index in [2.05, 4.69) is 0 Å². The number of halogens is 4. The minimum Gasteiger partial charge on any atom is -0.118 e. The lowest BCUT2D eigenvalue weighted by molar-refractivity contribution is -0.0870. The van der Waals surface area contributed by atoms with Crippen LogP contribution in [0.4, 0.5) is 13.2 Å². The molecule has 0 radical (unpaired) electrons. The second-order valence-electron chi connectivity index (χ2n) is 1.88. The molecule has 62 valence electrons. The van der Waals surface area contributed by atoms with Gasteiger partial charge in [-0.3, -0.25) is 0 Å². The van der Waals surface area contributed by atoms with Crippen LogP contribution in [0.5, 0.6) is 0 Å². The fraction of sp³-hybridized carbons (Fsp3) is 0.333. The predicted octanol–water partition coefficient (Wildman–Crippen LogP) is 3.65. The monoisotopic (exact) mass is 201 g/mol. The normalized spacial score (nSPS) is 13.6. The molecule has 0 spiro atoms. The number of hydrogen-bond acceptors (Lipinski definition) is 0. The molecule has 5 heteroatoms. The molecule has 0 saturated carbocycles. The zero-order valence-corrected chi connectivity index (χ0v) is 6.93. The minimum absolute atomic E-state index is 0.0460. The first kappa shape index (κ1) is 8.87. The number of thiophene rings is 1. The van der Waals surface area contributed by atoms with E-state index in [1.807, 2.05) is 0 Å². The van der Waals surface area contributed by atoms with Gasteiger partial charge < -0.3 is 0 Å². The summed E-state index contributed by atoms with van der Waals surface area (Å²) in [5.41, 5.74) is -4.16. The van der Waals surface area contributed by atoms with Crippen molar-refractivity contribution < 1.29 is 13.2 Å². The highest BCUT2D eigenvalue weighted by molar-refractivity contribution is 7.31. The Bertz CT molecular complexity index is 240. The number of alkyl halides is 4. The number of rotatable bonds is 1. The van der Waals surface area contributed by atoms with Crippen molar-refractivity contribution in [3.63, 3.8) is 0 Å². The van der Waals surface area contributed by atoms with Crippen LogP contribution in [0.15, 0.2) is 17.5 Å².